The van der Waals surface area contributed by atoms with Crippen molar-refractivity contribution in [2.75, 3.05) is 25.3 Å². The van der Waals surface area contributed by atoms with Crippen molar-refractivity contribution in [3.8, 4) is 11.5 Å². The summed E-state index contributed by atoms with van der Waals surface area (Å²) in [4.78, 5) is 11.9. The Labute approximate surface area is 132 Å². The van der Waals surface area contributed by atoms with E-state index in [0.717, 1.165) is 16.8 Å². The zero-order valence-corrected chi connectivity index (χ0v) is 13.4. The molecule has 22 heavy (non-hydrogen) atoms. The topological polar surface area (TPSA) is 76.2 Å². The van der Waals surface area contributed by atoms with Gasteiger partial charge in [0.05, 0.1) is 25.2 Å². The quantitative estimate of drug-likeness (QED) is 0.909. The third-order valence-electron chi connectivity index (χ3n) is 3.61. The van der Waals surface area contributed by atoms with E-state index in [2.05, 4.69) is 15.5 Å². The van der Waals surface area contributed by atoms with E-state index in [1.54, 1.807) is 26.0 Å². The molecule has 0 saturated carbocycles. The molecule has 1 atom stereocenters. The molecule has 6 nitrogen and oxygen atoms in total. The Hall–Kier alpha value is -2.15. The van der Waals surface area contributed by atoms with Crippen molar-refractivity contribution >= 4 is 23.5 Å². The van der Waals surface area contributed by atoms with Gasteiger partial charge in [0.2, 0.25) is 5.91 Å². The fourth-order valence-corrected chi connectivity index (χ4v) is 3.84. The molecule has 0 unspecified atom stereocenters. The largest absolute Gasteiger partial charge is 0.493 e. The first kappa shape index (κ1) is 14.8. The van der Waals surface area contributed by atoms with E-state index in [9.17, 15) is 4.79 Å². The average molecular weight is 319 g/mol. The fraction of sp³-hybridized carbons (Fsp3) is 0.333. The molecule has 2 aromatic rings. The van der Waals surface area contributed by atoms with Gasteiger partial charge in [0.15, 0.2) is 17.3 Å². The third-order valence-corrected chi connectivity index (χ3v) is 4.86. The number of hydrogen-bond donors (Lipinski definition) is 2. The highest BCUT2D eigenvalue weighted by molar-refractivity contribution is 8.00. The maximum Gasteiger partial charge on any atom is 0.235 e. The number of carbonyl (C=O) groups excluding carboxylic acids is 1. The van der Waals surface area contributed by atoms with Crippen LogP contribution in [-0.4, -0.2) is 36.1 Å². The summed E-state index contributed by atoms with van der Waals surface area (Å²) in [5.74, 6) is 2.25. The van der Waals surface area contributed by atoms with Gasteiger partial charge in [-0.1, -0.05) is 12.1 Å². The monoisotopic (exact) mass is 319 g/mol. The van der Waals surface area contributed by atoms with Gasteiger partial charge >= 0.3 is 0 Å². The molecule has 7 heteroatoms. The normalized spacial score (nSPS) is 17.4. The first-order valence-electron chi connectivity index (χ1n) is 6.83. The summed E-state index contributed by atoms with van der Waals surface area (Å²) in [7, 11) is 3.23. The molecule has 116 valence electrons. The Balaban J connectivity index is 2.16. The number of nitrogens with zero attached hydrogens (tertiary/aromatic N) is 1. The molecular formula is C15H17N3O3S. The lowest BCUT2D eigenvalue weighted by Gasteiger charge is -2.19. The van der Waals surface area contributed by atoms with E-state index in [-0.39, 0.29) is 11.2 Å². The minimum atomic E-state index is -0.0576. The number of methoxy groups -OCH3 is 2. The van der Waals surface area contributed by atoms with Crippen molar-refractivity contribution in [3.05, 3.63) is 35.0 Å². The van der Waals surface area contributed by atoms with Crippen molar-refractivity contribution in [2.45, 2.75) is 12.2 Å². The van der Waals surface area contributed by atoms with Gasteiger partial charge in [-0.3, -0.25) is 9.89 Å². The van der Waals surface area contributed by atoms with Crippen LogP contribution in [0, 0.1) is 6.92 Å². The van der Waals surface area contributed by atoms with Crippen LogP contribution in [0.1, 0.15) is 22.1 Å². The van der Waals surface area contributed by atoms with Crippen LogP contribution in [0.2, 0.25) is 0 Å². The number of para-hydroxylation sites is 1. The van der Waals surface area contributed by atoms with E-state index >= 15 is 0 Å². The van der Waals surface area contributed by atoms with Crippen LogP contribution >= 0.6 is 11.8 Å². The van der Waals surface area contributed by atoms with Crippen molar-refractivity contribution in [1.82, 2.24) is 10.2 Å². The summed E-state index contributed by atoms with van der Waals surface area (Å²) in [5, 5.41) is 9.92. The highest BCUT2D eigenvalue weighted by Crippen LogP contribution is 2.47. The second-order valence-electron chi connectivity index (χ2n) is 4.93. The van der Waals surface area contributed by atoms with E-state index in [0.29, 0.717) is 23.1 Å². The van der Waals surface area contributed by atoms with E-state index < -0.39 is 0 Å². The maximum atomic E-state index is 11.9. The molecule has 0 aliphatic carbocycles. The smallest absolute Gasteiger partial charge is 0.235 e. The van der Waals surface area contributed by atoms with Crippen molar-refractivity contribution in [3.63, 3.8) is 0 Å². The van der Waals surface area contributed by atoms with Gasteiger partial charge in [-0.2, -0.15) is 5.10 Å². The lowest BCUT2D eigenvalue weighted by molar-refractivity contribution is -0.113. The second kappa shape index (κ2) is 5.92. The average Bonchev–Trinajstić information content (AvgIpc) is 2.79. The molecule has 1 aliphatic rings. The van der Waals surface area contributed by atoms with Gasteiger partial charge < -0.3 is 14.8 Å². The highest BCUT2D eigenvalue weighted by Gasteiger charge is 2.30. The Morgan fingerprint density at radius 3 is 2.86 bits per heavy atom. The molecule has 1 aromatic heterocycles. The molecule has 0 saturated heterocycles. The second-order valence-corrected chi connectivity index (χ2v) is 6.03. The maximum absolute atomic E-state index is 11.9. The van der Waals surface area contributed by atoms with Crippen LogP contribution in [-0.2, 0) is 4.79 Å². The number of aryl methyl sites for hydroxylation is 1. The Morgan fingerprint density at radius 2 is 2.14 bits per heavy atom. The molecule has 1 amide bonds. The van der Waals surface area contributed by atoms with Crippen LogP contribution in [0.15, 0.2) is 18.2 Å². The standard InChI is InChI=1S/C15H17N3O3S/c1-8-12-14(22-7-11(19)16-15(12)18-17-8)9-5-4-6-10(20-2)13(9)21-3/h4-6,14H,7H2,1-3H3,(H2,16,17,18,19)/t14-/m1/s1. The summed E-state index contributed by atoms with van der Waals surface area (Å²) >= 11 is 1.55. The zero-order chi connectivity index (χ0) is 15.7. The summed E-state index contributed by atoms with van der Waals surface area (Å²) < 4.78 is 10.9. The van der Waals surface area contributed by atoms with Gasteiger partial charge in [0, 0.05) is 16.8 Å². The summed E-state index contributed by atoms with van der Waals surface area (Å²) in [6, 6.07) is 5.77. The van der Waals surface area contributed by atoms with E-state index in [1.807, 2.05) is 25.1 Å². The van der Waals surface area contributed by atoms with Gasteiger partial charge in [-0.15, -0.1) is 11.8 Å². The number of hydrogen-bond acceptors (Lipinski definition) is 5. The SMILES string of the molecule is COc1cccc([C@H]2SCC(=O)Nc3n[nH]c(C)c32)c1OC. The van der Waals surface area contributed by atoms with Crippen LogP contribution in [0.25, 0.3) is 0 Å². The number of amides is 1. The number of thioether (sulfide) groups is 1. The minimum absolute atomic E-state index is 0.0536. The number of nitrogens with one attached hydrogen (secondary N) is 2. The van der Waals surface area contributed by atoms with Crippen LogP contribution in [0.5, 0.6) is 11.5 Å². The molecule has 1 aromatic carbocycles. The summed E-state index contributed by atoms with van der Waals surface area (Å²) in [6.45, 7) is 1.95. The third kappa shape index (κ3) is 2.41. The Kier molecular flexibility index (Phi) is 3.98. The first-order chi connectivity index (χ1) is 10.7. The highest BCUT2D eigenvalue weighted by atomic mass is 32.2. The molecule has 0 radical (unpaired) electrons. The van der Waals surface area contributed by atoms with Gasteiger partial charge in [0.1, 0.15) is 0 Å². The van der Waals surface area contributed by atoms with Gasteiger partial charge in [-0.25, -0.2) is 0 Å². The molecule has 2 N–H and O–H groups in total. The Bertz CT molecular complexity index is 714. The molecule has 0 fully saturated rings. The molecule has 1 aliphatic heterocycles. The number of anilines is 1. The van der Waals surface area contributed by atoms with E-state index in [1.165, 1.54) is 0 Å². The molecule has 2 heterocycles. The van der Waals surface area contributed by atoms with Gasteiger partial charge in [0.25, 0.3) is 0 Å². The number of aromatic nitrogens is 2. The summed E-state index contributed by atoms with van der Waals surface area (Å²) in [6.07, 6.45) is 0. The number of benzene rings is 1. The first-order valence-corrected chi connectivity index (χ1v) is 7.87. The number of H-pyrrole nitrogens is 1. The minimum Gasteiger partial charge on any atom is -0.493 e. The molecule has 0 spiro atoms. The van der Waals surface area contributed by atoms with Crippen molar-refractivity contribution in [2.24, 2.45) is 0 Å². The van der Waals surface area contributed by atoms with Crippen LogP contribution in [0.4, 0.5) is 5.82 Å². The number of aromatic amines is 1. The number of rotatable bonds is 3. The van der Waals surface area contributed by atoms with Crippen molar-refractivity contribution < 1.29 is 14.3 Å². The molecule has 0 bridgehead atoms. The van der Waals surface area contributed by atoms with E-state index in [4.69, 9.17) is 9.47 Å². The molecular weight excluding hydrogens is 302 g/mol. The van der Waals surface area contributed by atoms with Crippen LogP contribution < -0.4 is 14.8 Å². The predicted molar refractivity (Wildman–Crippen MR) is 85.8 cm³/mol. The van der Waals surface area contributed by atoms with Crippen molar-refractivity contribution in [1.29, 1.82) is 0 Å². The Morgan fingerprint density at radius 1 is 1.32 bits per heavy atom. The fourth-order valence-electron chi connectivity index (χ4n) is 2.63. The van der Waals surface area contributed by atoms with Crippen LogP contribution in [0.3, 0.4) is 0 Å². The number of carbonyl (C=O) groups is 1. The lowest BCUT2D eigenvalue weighted by Crippen LogP contribution is -2.12. The van der Waals surface area contributed by atoms with Gasteiger partial charge in [-0.05, 0) is 13.0 Å². The number of ether oxygens (including phenoxy) is 2. The molecule has 3 rings (SSSR count). The predicted octanol–water partition coefficient (Wildman–Crippen LogP) is 2.51. The zero-order valence-electron chi connectivity index (χ0n) is 12.6. The summed E-state index contributed by atoms with van der Waals surface area (Å²) in [5.41, 5.74) is 2.87. The number of fused-ring (bicyclic) bond motifs is 1. The lowest BCUT2D eigenvalue weighted by atomic mass is 10.0.